The number of hydrogen-bond donors (Lipinski definition) is 2. The maximum Gasteiger partial charge on any atom is 0.251 e. The van der Waals surface area contributed by atoms with Crippen LogP contribution < -0.4 is 15.5 Å². The maximum atomic E-state index is 14.7. The lowest BCUT2D eigenvalue weighted by molar-refractivity contribution is -0.134. The van der Waals surface area contributed by atoms with E-state index in [0.717, 1.165) is 77.3 Å². The number of carbonyl (C=O) groups is 3. The molecule has 5 heterocycles. The van der Waals surface area contributed by atoms with Crippen LogP contribution in [0.4, 0.5) is 17.2 Å². The molecule has 1 saturated carbocycles. The molecule has 266 valence electrons. The van der Waals surface area contributed by atoms with Gasteiger partial charge in [0.1, 0.15) is 5.52 Å². The molecule has 51 heavy (non-hydrogen) atoms. The Morgan fingerprint density at radius 2 is 1.73 bits per heavy atom. The quantitative estimate of drug-likeness (QED) is 0.253. The van der Waals surface area contributed by atoms with Gasteiger partial charge in [-0.15, -0.1) is 0 Å². The molecular weight excluding hydrogens is 640 g/mol. The molecule has 8 rings (SSSR count). The van der Waals surface area contributed by atoms with Crippen LogP contribution in [0.15, 0.2) is 48.8 Å². The van der Waals surface area contributed by atoms with Gasteiger partial charge in [-0.1, -0.05) is 24.6 Å². The van der Waals surface area contributed by atoms with Crippen molar-refractivity contribution in [1.82, 2.24) is 29.7 Å². The van der Waals surface area contributed by atoms with Crippen molar-refractivity contribution in [2.24, 2.45) is 0 Å². The van der Waals surface area contributed by atoms with Crippen molar-refractivity contribution in [3.8, 4) is 11.3 Å². The zero-order valence-electron chi connectivity index (χ0n) is 30.2. The number of fused-ring (bicyclic) bond motifs is 3. The van der Waals surface area contributed by atoms with Gasteiger partial charge >= 0.3 is 0 Å². The highest BCUT2D eigenvalue weighted by molar-refractivity contribution is 6.09. The summed E-state index contributed by atoms with van der Waals surface area (Å²) in [6, 6.07) is 14.9. The number of aryl methyl sites for hydroxylation is 2. The molecule has 11 nitrogen and oxygen atoms in total. The first-order valence-electron chi connectivity index (χ1n) is 18.6. The van der Waals surface area contributed by atoms with E-state index in [1.807, 2.05) is 42.4 Å². The summed E-state index contributed by atoms with van der Waals surface area (Å²) in [5.74, 6) is 0.771. The van der Waals surface area contributed by atoms with Gasteiger partial charge in [-0.3, -0.25) is 14.4 Å². The average molecular weight is 689 g/mol. The van der Waals surface area contributed by atoms with Gasteiger partial charge in [0.2, 0.25) is 11.8 Å². The van der Waals surface area contributed by atoms with Crippen molar-refractivity contribution >= 4 is 45.9 Å². The summed E-state index contributed by atoms with van der Waals surface area (Å²) in [6.45, 7) is 9.84. The number of nitrogens with zero attached hydrogens (tertiary/aromatic N) is 6. The Hall–Kier alpha value is -4.77. The normalized spacial score (nSPS) is 21.5. The predicted molar refractivity (Wildman–Crippen MR) is 199 cm³/mol. The van der Waals surface area contributed by atoms with Crippen molar-refractivity contribution in [1.29, 1.82) is 0 Å². The van der Waals surface area contributed by atoms with Crippen LogP contribution in [0.2, 0.25) is 0 Å². The van der Waals surface area contributed by atoms with E-state index in [0.29, 0.717) is 43.4 Å². The van der Waals surface area contributed by atoms with Gasteiger partial charge < -0.3 is 29.9 Å². The number of hydrogen-bond acceptors (Lipinski definition) is 7. The number of nitrogens with one attached hydrogen (secondary N) is 2. The van der Waals surface area contributed by atoms with E-state index in [1.54, 1.807) is 14.0 Å². The second-order valence-corrected chi connectivity index (χ2v) is 14.9. The average Bonchev–Trinajstić information content (AvgIpc) is 3.65. The number of imidazole rings is 1. The smallest absolute Gasteiger partial charge is 0.251 e. The molecule has 2 N–H and O–H groups in total. The molecule has 3 aliphatic heterocycles. The Balaban J connectivity index is 1.18. The molecule has 1 spiro atoms. The van der Waals surface area contributed by atoms with Crippen LogP contribution in [0.25, 0.3) is 22.3 Å². The van der Waals surface area contributed by atoms with E-state index < -0.39 is 5.41 Å². The van der Waals surface area contributed by atoms with E-state index >= 15 is 0 Å². The number of aromatic nitrogens is 3. The molecule has 0 bridgehead atoms. The Labute approximate surface area is 299 Å². The van der Waals surface area contributed by atoms with Crippen LogP contribution in [-0.4, -0.2) is 87.4 Å². The molecular formula is C40H48N8O3. The summed E-state index contributed by atoms with van der Waals surface area (Å²) in [6.07, 6.45) is 8.92. The molecule has 2 aromatic carbocycles. The zero-order valence-corrected chi connectivity index (χ0v) is 30.2. The minimum Gasteiger partial charge on any atom is -0.355 e. The van der Waals surface area contributed by atoms with Crippen molar-refractivity contribution in [3.63, 3.8) is 0 Å². The van der Waals surface area contributed by atoms with Crippen LogP contribution in [0.1, 0.15) is 80.3 Å². The van der Waals surface area contributed by atoms with Crippen molar-refractivity contribution < 1.29 is 14.4 Å². The monoisotopic (exact) mass is 688 g/mol. The molecule has 3 amide bonds. The van der Waals surface area contributed by atoms with Gasteiger partial charge in [-0.05, 0) is 101 Å². The minimum atomic E-state index is -0.617. The fourth-order valence-electron chi connectivity index (χ4n) is 8.94. The second-order valence-electron chi connectivity index (χ2n) is 14.9. The highest BCUT2D eigenvalue weighted by atomic mass is 16.2. The van der Waals surface area contributed by atoms with Crippen LogP contribution >= 0.6 is 0 Å². The molecule has 1 aliphatic carbocycles. The highest BCUT2D eigenvalue weighted by Gasteiger charge is 2.55. The fraction of sp³-hybridized carbons (Fsp3) is 0.475. The number of carbonyl (C=O) groups excluding carboxylic acids is 3. The first-order chi connectivity index (χ1) is 24.7. The third-order valence-electron chi connectivity index (χ3n) is 12.0. The topological polar surface area (TPSA) is 116 Å². The largest absolute Gasteiger partial charge is 0.355 e. The molecule has 4 aromatic rings. The third-order valence-corrected chi connectivity index (χ3v) is 12.0. The summed E-state index contributed by atoms with van der Waals surface area (Å²) in [5, 5.41) is 6.25. The zero-order chi connectivity index (χ0) is 35.4. The molecule has 11 heteroatoms. The summed E-state index contributed by atoms with van der Waals surface area (Å²) in [7, 11) is 1.64. The first kappa shape index (κ1) is 33.4. The summed E-state index contributed by atoms with van der Waals surface area (Å²) < 4.78 is 2.07. The lowest BCUT2D eigenvalue weighted by Gasteiger charge is -2.48. The lowest BCUT2D eigenvalue weighted by Crippen LogP contribution is -2.58. The maximum absolute atomic E-state index is 14.7. The first-order valence-corrected chi connectivity index (χ1v) is 18.6. The number of pyridine rings is 1. The number of likely N-dealkylation sites (tertiary alicyclic amines) is 2. The van der Waals surface area contributed by atoms with Gasteiger partial charge in [0, 0.05) is 68.2 Å². The molecule has 0 radical (unpaired) electrons. The standard InChI is InChI=1S/C40H48N8O3/c1-5-45-24-42-34-23-33(44-37(36(34)45)43-28-11-9-25(2)31(20-28)38(50)41-4)27-10-12-32-35(19-27)48(30-21-29(22-30)47-15-7-6-8-16-47)39(51)40(32)13-17-46(18-14-40)26(3)49/h9-12,19-20,23-24,29-30H,5-8,13-18,21-22H2,1-4H3,(H,41,50)(H,43,44). The van der Waals surface area contributed by atoms with Gasteiger partial charge in [0.25, 0.3) is 5.91 Å². The predicted octanol–water partition coefficient (Wildman–Crippen LogP) is 5.77. The number of piperidine rings is 2. The second kappa shape index (κ2) is 13.1. The lowest BCUT2D eigenvalue weighted by atomic mass is 9.73. The van der Waals surface area contributed by atoms with Crippen molar-refractivity contribution in [2.45, 2.75) is 89.8 Å². The van der Waals surface area contributed by atoms with Gasteiger partial charge in [-0.25, -0.2) is 9.97 Å². The Kier molecular flexibility index (Phi) is 8.56. The SMILES string of the molecule is CCn1cnc2cc(-c3ccc4c(c3)N(C3CC(N5CCCCC5)C3)C(=O)C43CCN(C(C)=O)CC3)nc(Nc3ccc(C)c(C(=O)NC)c3)c21. The summed E-state index contributed by atoms with van der Waals surface area (Å²) in [5.41, 5.74) is 7.07. The molecule has 0 unspecified atom stereocenters. The Morgan fingerprint density at radius 3 is 2.43 bits per heavy atom. The molecule has 4 aliphatic rings. The number of amides is 3. The van der Waals surface area contributed by atoms with Crippen LogP contribution in [0.5, 0.6) is 0 Å². The number of benzene rings is 2. The van der Waals surface area contributed by atoms with Crippen LogP contribution in [-0.2, 0) is 21.5 Å². The van der Waals surface area contributed by atoms with Gasteiger partial charge in [0.05, 0.1) is 23.0 Å². The number of rotatable bonds is 7. The van der Waals surface area contributed by atoms with Gasteiger partial charge in [-0.2, -0.15) is 0 Å². The summed E-state index contributed by atoms with van der Waals surface area (Å²) in [4.78, 5) is 56.2. The molecule has 3 fully saturated rings. The van der Waals surface area contributed by atoms with Crippen molar-refractivity contribution in [2.75, 3.05) is 43.4 Å². The highest BCUT2D eigenvalue weighted by Crippen LogP contribution is 2.52. The number of anilines is 3. The van der Waals surface area contributed by atoms with E-state index in [2.05, 4.69) is 50.1 Å². The van der Waals surface area contributed by atoms with E-state index in [9.17, 15) is 14.4 Å². The van der Waals surface area contributed by atoms with Gasteiger partial charge in [0.15, 0.2) is 5.82 Å². The van der Waals surface area contributed by atoms with Crippen molar-refractivity contribution in [3.05, 3.63) is 65.5 Å². The van der Waals surface area contributed by atoms with E-state index in [4.69, 9.17) is 9.97 Å². The molecule has 2 saturated heterocycles. The Bertz CT molecular complexity index is 2020. The third kappa shape index (κ3) is 5.66. The fourth-order valence-corrected chi connectivity index (χ4v) is 8.94. The Morgan fingerprint density at radius 1 is 0.961 bits per heavy atom. The molecule has 2 aromatic heterocycles. The summed E-state index contributed by atoms with van der Waals surface area (Å²) >= 11 is 0. The van der Waals surface area contributed by atoms with Crippen LogP contribution in [0.3, 0.4) is 0 Å². The van der Waals surface area contributed by atoms with E-state index in [1.165, 1.54) is 19.3 Å². The minimum absolute atomic E-state index is 0.0676. The van der Waals surface area contributed by atoms with Crippen LogP contribution in [0, 0.1) is 6.92 Å². The van der Waals surface area contributed by atoms with E-state index in [-0.39, 0.29) is 23.8 Å². The molecule has 0 atom stereocenters.